The molecule has 25 heavy (non-hydrogen) atoms. The molecule has 1 aliphatic heterocycles. The van der Waals surface area contributed by atoms with Gasteiger partial charge >= 0.3 is 0 Å². The lowest BCUT2D eigenvalue weighted by Gasteiger charge is -2.37. The van der Waals surface area contributed by atoms with Crippen LogP contribution < -0.4 is 9.47 Å². The zero-order valence-corrected chi connectivity index (χ0v) is 14.9. The van der Waals surface area contributed by atoms with Crippen LogP contribution >= 0.6 is 0 Å². The van der Waals surface area contributed by atoms with E-state index in [1.54, 1.807) is 44.2 Å². The van der Waals surface area contributed by atoms with Crippen LogP contribution in [0.1, 0.15) is 28.1 Å². The first-order chi connectivity index (χ1) is 12.0. The number of carbonyl (C=O) groups is 1. The smallest absolute Gasteiger partial charge is 0.254 e. The van der Waals surface area contributed by atoms with Crippen LogP contribution in [-0.2, 0) is 0 Å². The molecule has 2 heterocycles. The summed E-state index contributed by atoms with van der Waals surface area (Å²) in [5.74, 6) is 2.19. The Morgan fingerprint density at radius 3 is 2.64 bits per heavy atom. The summed E-state index contributed by atoms with van der Waals surface area (Å²) in [5, 5.41) is 3.85. The van der Waals surface area contributed by atoms with Gasteiger partial charge in [0.25, 0.3) is 5.91 Å². The Morgan fingerprint density at radius 2 is 2.00 bits per heavy atom. The molecule has 0 spiro atoms. The largest absolute Gasteiger partial charge is 0.493 e. The second-order valence-electron chi connectivity index (χ2n) is 6.00. The molecule has 1 unspecified atom stereocenters. The first kappa shape index (κ1) is 17.2. The molecule has 1 amide bonds. The highest BCUT2D eigenvalue weighted by Gasteiger charge is 2.32. The van der Waals surface area contributed by atoms with Crippen molar-refractivity contribution < 1.29 is 18.8 Å². The predicted molar refractivity (Wildman–Crippen MR) is 89.9 cm³/mol. The minimum atomic E-state index is -0.112. The summed E-state index contributed by atoms with van der Waals surface area (Å²) in [6.45, 7) is 3.63. The lowest BCUT2D eigenvalue weighted by Crippen LogP contribution is -2.49. The van der Waals surface area contributed by atoms with E-state index in [2.05, 4.69) is 15.0 Å². The summed E-state index contributed by atoms with van der Waals surface area (Å²) in [6, 6.07) is 5.07. The third-order valence-corrected chi connectivity index (χ3v) is 4.39. The van der Waals surface area contributed by atoms with E-state index in [9.17, 15) is 4.79 Å². The number of ether oxygens (including phenoxy) is 2. The van der Waals surface area contributed by atoms with Gasteiger partial charge < -0.3 is 18.9 Å². The fourth-order valence-electron chi connectivity index (χ4n) is 2.93. The number of carbonyl (C=O) groups excluding carboxylic acids is 1. The van der Waals surface area contributed by atoms with Crippen molar-refractivity contribution in [3.05, 3.63) is 35.5 Å². The Kier molecular flexibility index (Phi) is 4.89. The molecule has 1 atom stereocenters. The van der Waals surface area contributed by atoms with Crippen LogP contribution in [0.5, 0.6) is 11.5 Å². The zero-order valence-electron chi connectivity index (χ0n) is 14.9. The van der Waals surface area contributed by atoms with Crippen molar-refractivity contribution >= 4 is 5.91 Å². The Bertz CT molecular complexity index is 761. The van der Waals surface area contributed by atoms with Crippen LogP contribution in [0, 0.1) is 6.92 Å². The van der Waals surface area contributed by atoms with Gasteiger partial charge in [0.1, 0.15) is 6.04 Å². The van der Waals surface area contributed by atoms with Crippen molar-refractivity contribution in [2.45, 2.75) is 13.0 Å². The first-order valence-electron chi connectivity index (χ1n) is 8.05. The summed E-state index contributed by atoms with van der Waals surface area (Å²) in [7, 11) is 5.11. The number of rotatable bonds is 4. The van der Waals surface area contributed by atoms with Crippen LogP contribution in [-0.4, -0.2) is 66.7 Å². The third kappa shape index (κ3) is 3.43. The van der Waals surface area contributed by atoms with Crippen LogP contribution in [0.25, 0.3) is 0 Å². The number of hydrogen-bond acceptors (Lipinski definition) is 7. The normalized spacial score (nSPS) is 18.2. The number of aryl methyl sites for hydroxylation is 1. The van der Waals surface area contributed by atoms with Gasteiger partial charge in [0.15, 0.2) is 17.3 Å². The fourth-order valence-corrected chi connectivity index (χ4v) is 2.93. The Hall–Kier alpha value is -2.61. The average Bonchev–Trinajstić information content (AvgIpc) is 3.07. The molecule has 1 saturated heterocycles. The maximum atomic E-state index is 12.9. The molecule has 1 aromatic heterocycles. The second-order valence-corrected chi connectivity index (χ2v) is 6.00. The molecule has 134 valence electrons. The van der Waals surface area contributed by atoms with Gasteiger partial charge in [0.05, 0.1) is 14.2 Å². The predicted octanol–water partition coefficient (Wildman–Crippen LogP) is 1.52. The second kappa shape index (κ2) is 7.10. The number of nitrogens with zero attached hydrogens (tertiary/aromatic N) is 4. The molecule has 0 bridgehead atoms. The molecule has 0 radical (unpaired) electrons. The van der Waals surface area contributed by atoms with Gasteiger partial charge in [-0.2, -0.15) is 4.98 Å². The molecule has 1 aromatic carbocycles. The Morgan fingerprint density at radius 1 is 1.24 bits per heavy atom. The molecule has 0 N–H and O–H groups in total. The molecule has 1 fully saturated rings. The standard InChI is InChI=1S/C17H22N4O4/c1-11-18-16(25-19-11)13-10-21(8-7-20(13)2)17(22)12-5-6-14(23-3)15(9-12)24-4/h5-6,9,13H,7-8,10H2,1-4H3. The molecule has 3 rings (SSSR count). The minimum absolute atomic E-state index is 0.0599. The topological polar surface area (TPSA) is 80.9 Å². The van der Waals surface area contributed by atoms with Gasteiger partial charge in [-0.05, 0) is 32.2 Å². The third-order valence-electron chi connectivity index (χ3n) is 4.39. The average molecular weight is 346 g/mol. The molecule has 0 saturated carbocycles. The lowest BCUT2D eigenvalue weighted by molar-refractivity contribution is 0.0488. The maximum Gasteiger partial charge on any atom is 0.254 e. The molecule has 1 aliphatic rings. The molecular formula is C17H22N4O4. The van der Waals surface area contributed by atoms with Gasteiger partial charge in [-0.25, -0.2) is 0 Å². The zero-order chi connectivity index (χ0) is 18.0. The first-order valence-corrected chi connectivity index (χ1v) is 8.05. The fraction of sp³-hybridized carbons (Fsp3) is 0.471. The quantitative estimate of drug-likeness (QED) is 0.830. The molecule has 8 nitrogen and oxygen atoms in total. The van der Waals surface area contributed by atoms with Crippen LogP contribution in [0.4, 0.5) is 0 Å². The summed E-state index contributed by atoms with van der Waals surface area (Å²) >= 11 is 0. The van der Waals surface area contributed by atoms with Crippen molar-refractivity contribution in [3.8, 4) is 11.5 Å². The molecule has 2 aromatic rings. The van der Waals surface area contributed by atoms with E-state index in [0.29, 0.717) is 41.9 Å². The number of amides is 1. The van der Waals surface area contributed by atoms with Gasteiger partial charge in [0, 0.05) is 25.2 Å². The summed E-state index contributed by atoms with van der Waals surface area (Å²) < 4.78 is 15.8. The van der Waals surface area contributed by atoms with Gasteiger partial charge in [-0.3, -0.25) is 9.69 Å². The van der Waals surface area contributed by atoms with Crippen LogP contribution in [0.2, 0.25) is 0 Å². The van der Waals surface area contributed by atoms with Crippen molar-refractivity contribution in [3.63, 3.8) is 0 Å². The number of aromatic nitrogens is 2. The van der Waals surface area contributed by atoms with Gasteiger partial charge in [-0.15, -0.1) is 0 Å². The highest BCUT2D eigenvalue weighted by atomic mass is 16.5. The minimum Gasteiger partial charge on any atom is -0.493 e. The van der Waals surface area contributed by atoms with Crippen molar-refractivity contribution in [1.82, 2.24) is 19.9 Å². The van der Waals surface area contributed by atoms with E-state index in [1.165, 1.54) is 0 Å². The highest BCUT2D eigenvalue weighted by molar-refractivity contribution is 5.95. The summed E-state index contributed by atoms with van der Waals surface area (Å²) in [4.78, 5) is 21.1. The SMILES string of the molecule is COc1ccc(C(=O)N2CCN(C)C(c3nc(C)no3)C2)cc1OC. The maximum absolute atomic E-state index is 12.9. The molecular weight excluding hydrogens is 324 g/mol. The number of benzene rings is 1. The van der Waals surface area contributed by atoms with E-state index in [4.69, 9.17) is 14.0 Å². The van der Waals surface area contributed by atoms with E-state index >= 15 is 0 Å². The monoisotopic (exact) mass is 346 g/mol. The van der Waals surface area contributed by atoms with Crippen LogP contribution in [0.3, 0.4) is 0 Å². The molecule has 0 aliphatic carbocycles. The van der Waals surface area contributed by atoms with Crippen molar-refractivity contribution in [2.75, 3.05) is 40.9 Å². The van der Waals surface area contributed by atoms with Crippen molar-refractivity contribution in [2.24, 2.45) is 0 Å². The lowest BCUT2D eigenvalue weighted by atomic mass is 10.1. The van der Waals surface area contributed by atoms with Gasteiger partial charge in [0.2, 0.25) is 5.89 Å². The molecule has 8 heteroatoms. The van der Waals surface area contributed by atoms with E-state index in [-0.39, 0.29) is 11.9 Å². The van der Waals surface area contributed by atoms with E-state index in [0.717, 1.165) is 6.54 Å². The Balaban J connectivity index is 1.80. The van der Waals surface area contributed by atoms with Crippen LogP contribution in [0.15, 0.2) is 22.7 Å². The highest BCUT2D eigenvalue weighted by Crippen LogP contribution is 2.29. The summed E-state index contributed by atoms with van der Waals surface area (Å²) in [5.41, 5.74) is 0.558. The van der Waals surface area contributed by atoms with Crippen molar-refractivity contribution in [1.29, 1.82) is 0 Å². The van der Waals surface area contributed by atoms with E-state index in [1.807, 2.05) is 7.05 Å². The number of piperazine rings is 1. The number of methoxy groups -OCH3 is 2. The van der Waals surface area contributed by atoms with E-state index < -0.39 is 0 Å². The van der Waals surface area contributed by atoms with Gasteiger partial charge in [-0.1, -0.05) is 5.16 Å². The summed E-state index contributed by atoms with van der Waals surface area (Å²) in [6.07, 6.45) is 0. The number of likely N-dealkylation sites (N-methyl/N-ethyl adjacent to an activating group) is 1. The number of hydrogen-bond donors (Lipinski definition) is 0. The Labute approximate surface area is 146 Å².